The van der Waals surface area contributed by atoms with Crippen molar-refractivity contribution in [2.75, 3.05) is 5.73 Å². The van der Waals surface area contributed by atoms with Crippen LogP contribution in [0.4, 0.5) is 5.82 Å². The average molecular weight is 295 g/mol. The summed E-state index contributed by atoms with van der Waals surface area (Å²) in [5.41, 5.74) is 7.12. The predicted octanol–water partition coefficient (Wildman–Crippen LogP) is 4.45. The Morgan fingerprint density at radius 1 is 1.20 bits per heavy atom. The van der Waals surface area contributed by atoms with Crippen molar-refractivity contribution >= 4 is 17.4 Å². The molecule has 0 aromatic carbocycles. The Labute approximate surface area is 125 Å². The summed E-state index contributed by atoms with van der Waals surface area (Å²) in [7, 11) is 0. The van der Waals surface area contributed by atoms with Crippen LogP contribution in [0.3, 0.4) is 0 Å². The van der Waals surface area contributed by atoms with E-state index in [0.717, 1.165) is 18.1 Å². The van der Waals surface area contributed by atoms with Crippen molar-refractivity contribution in [1.82, 2.24) is 5.16 Å². The van der Waals surface area contributed by atoms with Gasteiger partial charge in [-0.3, -0.25) is 0 Å². The van der Waals surface area contributed by atoms with Crippen LogP contribution in [0.15, 0.2) is 4.52 Å². The molecule has 0 saturated heterocycles. The normalized spacial score (nSPS) is 46.0. The lowest BCUT2D eigenvalue weighted by atomic mass is 9.40. The second-order valence-electron chi connectivity index (χ2n) is 8.61. The number of halogens is 1. The van der Waals surface area contributed by atoms with Gasteiger partial charge in [0.25, 0.3) is 0 Å². The molecule has 0 spiro atoms. The molecule has 110 valence electrons. The van der Waals surface area contributed by atoms with E-state index in [0.29, 0.717) is 27.1 Å². The minimum absolute atomic E-state index is 0.337. The molecular weight excluding hydrogens is 272 g/mol. The maximum absolute atomic E-state index is 6.24. The second-order valence-corrected chi connectivity index (χ2v) is 8.99. The van der Waals surface area contributed by atoms with Crippen molar-refractivity contribution in [2.45, 2.75) is 58.8 Å². The summed E-state index contributed by atoms with van der Waals surface area (Å²) in [6.45, 7) is 4.97. The van der Waals surface area contributed by atoms with Gasteiger partial charge in [-0.05, 0) is 60.7 Å². The van der Waals surface area contributed by atoms with E-state index in [4.69, 9.17) is 21.9 Å². The monoisotopic (exact) mass is 294 g/mol. The summed E-state index contributed by atoms with van der Waals surface area (Å²) in [4.78, 5) is 0. The zero-order valence-electron chi connectivity index (χ0n) is 12.3. The Kier molecular flexibility index (Phi) is 2.43. The first-order chi connectivity index (χ1) is 9.31. The van der Waals surface area contributed by atoms with E-state index in [1.807, 2.05) is 0 Å². The Morgan fingerprint density at radius 2 is 1.85 bits per heavy atom. The van der Waals surface area contributed by atoms with Crippen LogP contribution in [0.25, 0.3) is 0 Å². The highest BCUT2D eigenvalue weighted by Crippen LogP contribution is 2.70. The van der Waals surface area contributed by atoms with Gasteiger partial charge in [-0.2, -0.15) is 0 Å². The average Bonchev–Trinajstić information content (AvgIpc) is 2.55. The molecule has 4 aliphatic rings. The number of nitrogen functional groups attached to an aromatic ring is 1. The first-order valence-electron chi connectivity index (χ1n) is 7.70. The smallest absolute Gasteiger partial charge is 0.185 e. The molecule has 4 heteroatoms. The highest BCUT2D eigenvalue weighted by atomic mass is 35.5. The van der Waals surface area contributed by atoms with Gasteiger partial charge in [0, 0.05) is 6.42 Å². The Bertz CT molecular complexity index is 549. The fourth-order valence-corrected chi connectivity index (χ4v) is 6.79. The van der Waals surface area contributed by atoms with E-state index >= 15 is 0 Å². The minimum atomic E-state index is 0.337. The van der Waals surface area contributed by atoms with Gasteiger partial charge >= 0.3 is 0 Å². The van der Waals surface area contributed by atoms with Crippen LogP contribution in [-0.2, 0) is 6.42 Å². The summed E-state index contributed by atoms with van der Waals surface area (Å²) < 4.78 is 5.39. The molecule has 2 N–H and O–H groups in total. The van der Waals surface area contributed by atoms with E-state index in [-0.39, 0.29) is 0 Å². The van der Waals surface area contributed by atoms with Crippen molar-refractivity contribution in [3.05, 3.63) is 10.8 Å². The lowest BCUT2D eigenvalue weighted by Crippen LogP contribution is -2.55. The fourth-order valence-electron chi connectivity index (χ4n) is 6.66. The molecule has 0 aliphatic heterocycles. The molecule has 4 bridgehead atoms. The quantitative estimate of drug-likeness (QED) is 0.876. The van der Waals surface area contributed by atoms with E-state index in [1.165, 1.54) is 38.5 Å². The number of aromatic nitrogens is 1. The molecule has 1 aromatic heterocycles. The van der Waals surface area contributed by atoms with Crippen LogP contribution in [0.2, 0.25) is 5.02 Å². The first kappa shape index (κ1) is 13.0. The lowest BCUT2D eigenvalue weighted by Gasteiger charge is -2.65. The zero-order chi connectivity index (χ0) is 14.2. The molecule has 1 aromatic rings. The van der Waals surface area contributed by atoms with Gasteiger partial charge in [-0.15, -0.1) is 0 Å². The number of anilines is 1. The third-order valence-electron chi connectivity index (χ3n) is 6.00. The maximum atomic E-state index is 6.24. The summed E-state index contributed by atoms with van der Waals surface area (Å²) in [6, 6.07) is 0. The van der Waals surface area contributed by atoms with Gasteiger partial charge in [0.1, 0.15) is 5.02 Å². The van der Waals surface area contributed by atoms with Gasteiger partial charge in [0.2, 0.25) is 0 Å². The molecule has 3 nitrogen and oxygen atoms in total. The summed E-state index contributed by atoms with van der Waals surface area (Å²) in [5.74, 6) is 2.03. The Morgan fingerprint density at radius 3 is 2.35 bits per heavy atom. The molecular formula is C16H23ClN2O. The summed E-state index contributed by atoms with van der Waals surface area (Å²) >= 11 is 6.24. The molecule has 5 rings (SSSR count). The molecule has 0 amide bonds. The predicted molar refractivity (Wildman–Crippen MR) is 79.5 cm³/mol. The van der Waals surface area contributed by atoms with Crippen molar-refractivity contribution in [3.8, 4) is 0 Å². The maximum Gasteiger partial charge on any atom is 0.185 e. The largest absolute Gasteiger partial charge is 0.380 e. The van der Waals surface area contributed by atoms with Gasteiger partial charge in [0.15, 0.2) is 11.6 Å². The summed E-state index contributed by atoms with van der Waals surface area (Å²) in [6.07, 6.45) is 9.08. The van der Waals surface area contributed by atoms with Crippen LogP contribution in [0.1, 0.15) is 58.1 Å². The standard InChI is InChI=1S/C16H23ClN2O/c1-14-3-10-4-15(2,7-14)9-16(5-10,8-14)6-11-12(17)13(18)19-20-11/h10H,3-9H2,1-2H3,(H2,18,19). The SMILES string of the molecule is CC12CC3CC(C)(C1)CC(Cc1onc(N)c1Cl)(C3)C2. The topological polar surface area (TPSA) is 52.0 Å². The molecule has 4 saturated carbocycles. The minimum Gasteiger partial charge on any atom is -0.380 e. The van der Waals surface area contributed by atoms with Gasteiger partial charge in [-0.25, -0.2) is 0 Å². The lowest BCUT2D eigenvalue weighted by molar-refractivity contribution is -0.145. The van der Waals surface area contributed by atoms with E-state index in [2.05, 4.69) is 19.0 Å². The van der Waals surface area contributed by atoms with Crippen molar-refractivity contribution in [3.63, 3.8) is 0 Å². The number of hydrogen-bond donors (Lipinski definition) is 1. The van der Waals surface area contributed by atoms with E-state index < -0.39 is 0 Å². The summed E-state index contributed by atoms with van der Waals surface area (Å²) in [5, 5.41) is 4.36. The molecule has 4 aliphatic carbocycles. The highest BCUT2D eigenvalue weighted by Gasteiger charge is 2.60. The van der Waals surface area contributed by atoms with Crippen LogP contribution < -0.4 is 5.73 Å². The van der Waals surface area contributed by atoms with Gasteiger partial charge < -0.3 is 10.3 Å². The van der Waals surface area contributed by atoms with Gasteiger partial charge in [0.05, 0.1) is 0 Å². The molecule has 2 atom stereocenters. The number of nitrogens with two attached hydrogens (primary N) is 1. The number of hydrogen-bond acceptors (Lipinski definition) is 3. The second kappa shape index (κ2) is 3.73. The Balaban J connectivity index is 1.69. The van der Waals surface area contributed by atoms with E-state index in [1.54, 1.807) is 0 Å². The number of nitrogens with zero attached hydrogens (tertiary/aromatic N) is 1. The zero-order valence-corrected chi connectivity index (χ0v) is 13.1. The van der Waals surface area contributed by atoms with Crippen LogP contribution in [0.5, 0.6) is 0 Å². The van der Waals surface area contributed by atoms with E-state index in [9.17, 15) is 0 Å². The molecule has 2 unspecified atom stereocenters. The van der Waals surface area contributed by atoms with Crippen LogP contribution in [-0.4, -0.2) is 5.16 Å². The van der Waals surface area contributed by atoms with Crippen LogP contribution in [0, 0.1) is 22.2 Å². The fraction of sp³-hybridized carbons (Fsp3) is 0.812. The van der Waals surface area contributed by atoms with Crippen molar-refractivity contribution in [1.29, 1.82) is 0 Å². The molecule has 1 heterocycles. The third-order valence-corrected chi connectivity index (χ3v) is 6.41. The van der Waals surface area contributed by atoms with Gasteiger partial charge in [-0.1, -0.05) is 30.6 Å². The van der Waals surface area contributed by atoms with Crippen LogP contribution >= 0.6 is 11.6 Å². The van der Waals surface area contributed by atoms with Crippen molar-refractivity contribution < 1.29 is 4.52 Å². The van der Waals surface area contributed by atoms with Crippen molar-refractivity contribution in [2.24, 2.45) is 22.2 Å². The molecule has 20 heavy (non-hydrogen) atoms. The highest BCUT2D eigenvalue weighted by molar-refractivity contribution is 6.33. The molecule has 4 fully saturated rings. The molecule has 0 radical (unpaired) electrons. The number of rotatable bonds is 2. The third kappa shape index (κ3) is 1.82. The Hall–Kier alpha value is -0.700. The first-order valence-corrected chi connectivity index (χ1v) is 8.08.